The highest BCUT2D eigenvalue weighted by molar-refractivity contribution is 5.72. The van der Waals surface area contributed by atoms with E-state index < -0.39 is 23.0 Å². The summed E-state index contributed by atoms with van der Waals surface area (Å²) in [6.45, 7) is 0. The molecule has 0 bridgehead atoms. The highest BCUT2D eigenvalue weighted by atomic mass is 16.6. The Kier molecular flexibility index (Phi) is 3.96. The van der Waals surface area contributed by atoms with Gasteiger partial charge in [-0.2, -0.15) is 0 Å². The molecule has 0 saturated carbocycles. The van der Waals surface area contributed by atoms with E-state index in [1.165, 1.54) is 0 Å². The lowest BCUT2D eigenvalue weighted by atomic mass is 10.0. The predicted molar refractivity (Wildman–Crippen MR) is 54.6 cm³/mol. The number of hydrogen-bond donors (Lipinski definition) is 2. The third kappa shape index (κ3) is 3.03. The molecule has 0 aromatic heterocycles. The van der Waals surface area contributed by atoms with Crippen LogP contribution < -0.4 is 0 Å². The van der Waals surface area contributed by atoms with Crippen molar-refractivity contribution >= 4 is 5.97 Å². The van der Waals surface area contributed by atoms with E-state index >= 15 is 0 Å². The highest BCUT2D eigenvalue weighted by Crippen LogP contribution is 2.09. The highest BCUT2D eigenvalue weighted by Gasteiger charge is 2.35. The number of aliphatic hydroxyl groups is 1. The lowest BCUT2D eigenvalue weighted by Gasteiger charge is -2.12. The van der Waals surface area contributed by atoms with Gasteiger partial charge in [0.1, 0.15) is 0 Å². The zero-order valence-corrected chi connectivity index (χ0v) is 8.31. The molecule has 0 heterocycles. The van der Waals surface area contributed by atoms with Gasteiger partial charge in [-0.1, -0.05) is 30.3 Å². The second kappa shape index (κ2) is 5.22. The molecular weight excluding hydrogens is 214 g/mol. The van der Waals surface area contributed by atoms with Crippen molar-refractivity contribution in [2.45, 2.75) is 18.6 Å². The molecule has 0 aliphatic heterocycles. The van der Waals surface area contributed by atoms with Crippen molar-refractivity contribution in [1.82, 2.24) is 0 Å². The normalized spacial score (nSPS) is 14.1. The summed E-state index contributed by atoms with van der Waals surface area (Å²) >= 11 is 0. The summed E-state index contributed by atoms with van der Waals surface area (Å²) in [4.78, 5) is 20.3. The molecule has 0 fully saturated rings. The molecule has 0 unspecified atom stereocenters. The van der Waals surface area contributed by atoms with Gasteiger partial charge in [-0.3, -0.25) is 10.1 Å². The monoisotopic (exact) mass is 225 g/mol. The van der Waals surface area contributed by atoms with Crippen LogP contribution in [0.4, 0.5) is 0 Å². The summed E-state index contributed by atoms with van der Waals surface area (Å²) in [6.07, 6.45) is -2.10. The van der Waals surface area contributed by atoms with Gasteiger partial charge in [0, 0.05) is 11.3 Å². The molecule has 1 rings (SSSR count). The molecular formula is C10H11NO5. The van der Waals surface area contributed by atoms with E-state index in [0.29, 0.717) is 5.56 Å². The van der Waals surface area contributed by atoms with Crippen LogP contribution in [0.2, 0.25) is 0 Å². The first-order valence-electron chi connectivity index (χ1n) is 4.60. The van der Waals surface area contributed by atoms with Crippen LogP contribution in [0.3, 0.4) is 0 Å². The number of carboxylic acids is 1. The Morgan fingerprint density at radius 1 is 1.38 bits per heavy atom. The Morgan fingerprint density at radius 3 is 2.38 bits per heavy atom. The van der Waals surface area contributed by atoms with Crippen molar-refractivity contribution in [2.75, 3.05) is 0 Å². The van der Waals surface area contributed by atoms with E-state index in [-0.39, 0.29) is 6.42 Å². The number of nitro groups is 1. The summed E-state index contributed by atoms with van der Waals surface area (Å²) in [5.41, 5.74) is 0.615. The van der Waals surface area contributed by atoms with E-state index in [1.807, 2.05) is 0 Å². The molecule has 86 valence electrons. The van der Waals surface area contributed by atoms with E-state index in [2.05, 4.69) is 0 Å². The van der Waals surface area contributed by atoms with Crippen LogP contribution in [-0.4, -0.2) is 33.3 Å². The van der Waals surface area contributed by atoms with E-state index in [9.17, 15) is 20.0 Å². The molecule has 6 nitrogen and oxygen atoms in total. The van der Waals surface area contributed by atoms with Gasteiger partial charge in [0.05, 0.1) is 0 Å². The third-order valence-electron chi connectivity index (χ3n) is 2.18. The molecule has 2 N–H and O–H groups in total. The summed E-state index contributed by atoms with van der Waals surface area (Å²) < 4.78 is 0. The number of carbonyl (C=O) groups is 1. The van der Waals surface area contributed by atoms with Gasteiger partial charge in [0.25, 0.3) is 6.04 Å². The van der Waals surface area contributed by atoms with Gasteiger partial charge in [0.15, 0.2) is 0 Å². The quantitative estimate of drug-likeness (QED) is 0.555. The third-order valence-corrected chi connectivity index (χ3v) is 2.18. The van der Waals surface area contributed by atoms with Gasteiger partial charge in [-0.05, 0) is 5.56 Å². The summed E-state index contributed by atoms with van der Waals surface area (Å²) in [7, 11) is 0. The number of benzene rings is 1. The fourth-order valence-electron chi connectivity index (χ4n) is 1.32. The zero-order valence-electron chi connectivity index (χ0n) is 8.31. The fourth-order valence-corrected chi connectivity index (χ4v) is 1.32. The van der Waals surface area contributed by atoms with Gasteiger partial charge < -0.3 is 10.2 Å². The molecule has 6 heteroatoms. The average molecular weight is 225 g/mol. The maximum atomic E-state index is 10.6. The molecule has 0 saturated heterocycles. The Labute approximate surface area is 91.3 Å². The van der Waals surface area contributed by atoms with Crippen LogP contribution in [0.15, 0.2) is 30.3 Å². The Morgan fingerprint density at radius 2 is 1.94 bits per heavy atom. The smallest absolute Gasteiger partial charge is 0.339 e. The lowest BCUT2D eigenvalue weighted by Crippen LogP contribution is -2.41. The molecule has 0 amide bonds. The number of aliphatic carboxylic acids is 1. The molecule has 0 spiro atoms. The second-order valence-electron chi connectivity index (χ2n) is 3.33. The number of nitrogens with zero attached hydrogens (tertiary/aromatic N) is 1. The van der Waals surface area contributed by atoms with Gasteiger partial charge in [-0.25, -0.2) is 4.79 Å². The number of hydrogen-bond acceptors (Lipinski definition) is 4. The first kappa shape index (κ1) is 12.1. The maximum absolute atomic E-state index is 10.6. The SMILES string of the molecule is O=C(O)[C@@H](O)[C@H](Cc1ccccc1)[N+](=O)[O-]. The molecule has 0 radical (unpaired) electrons. The first-order valence-corrected chi connectivity index (χ1v) is 4.60. The Balaban J connectivity index is 2.81. The molecule has 1 aromatic rings. The minimum atomic E-state index is -1.99. The van der Waals surface area contributed by atoms with Crippen LogP contribution in [0.5, 0.6) is 0 Å². The number of carboxylic acid groups (broad SMARTS) is 1. The van der Waals surface area contributed by atoms with Crippen molar-refractivity contribution < 1.29 is 19.9 Å². The average Bonchev–Trinajstić information content (AvgIpc) is 2.26. The predicted octanol–water partition coefficient (Wildman–Crippen LogP) is 0.320. The Bertz CT molecular complexity index is 378. The van der Waals surface area contributed by atoms with Crippen molar-refractivity contribution in [1.29, 1.82) is 0 Å². The van der Waals surface area contributed by atoms with Crippen molar-refractivity contribution in [3.05, 3.63) is 46.0 Å². The fraction of sp³-hybridized carbons (Fsp3) is 0.300. The van der Waals surface area contributed by atoms with E-state index in [0.717, 1.165) is 0 Å². The minimum absolute atomic E-state index is 0.110. The summed E-state index contributed by atoms with van der Waals surface area (Å²) in [5.74, 6) is -1.59. The second-order valence-corrected chi connectivity index (χ2v) is 3.33. The van der Waals surface area contributed by atoms with Gasteiger partial charge in [0.2, 0.25) is 6.10 Å². The van der Waals surface area contributed by atoms with E-state index in [4.69, 9.17) is 5.11 Å². The van der Waals surface area contributed by atoms with Crippen LogP contribution in [0.25, 0.3) is 0 Å². The number of aliphatic hydroxyl groups excluding tert-OH is 1. The maximum Gasteiger partial charge on any atom is 0.339 e. The van der Waals surface area contributed by atoms with Crippen LogP contribution in [0, 0.1) is 10.1 Å². The summed E-state index contributed by atoms with van der Waals surface area (Å²) in [5, 5.41) is 28.3. The minimum Gasteiger partial charge on any atom is -0.479 e. The van der Waals surface area contributed by atoms with Crippen molar-refractivity contribution in [2.24, 2.45) is 0 Å². The first-order chi connectivity index (χ1) is 7.52. The molecule has 1 aromatic carbocycles. The topological polar surface area (TPSA) is 101 Å². The molecule has 2 atom stereocenters. The van der Waals surface area contributed by atoms with Gasteiger partial charge >= 0.3 is 5.97 Å². The number of rotatable bonds is 5. The zero-order chi connectivity index (χ0) is 12.1. The van der Waals surface area contributed by atoms with Crippen LogP contribution >= 0.6 is 0 Å². The lowest BCUT2D eigenvalue weighted by molar-refractivity contribution is -0.531. The van der Waals surface area contributed by atoms with Crippen molar-refractivity contribution in [3.63, 3.8) is 0 Å². The Hall–Kier alpha value is -1.95. The van der Waals surface area contributed by atoms with Gasteiger partial charge in [-0.15, -0.1) is 0 Å². The van der Waals surface area contributed by atoms with Crippen molar-refractivity contribution in [3.8, 4) is 0 Å². The largest absolute Gasteiger partial charge is 0.479 e. The molecule has 0 aliphatic carbocycles. The molecule has 16 heavy (non-hydrogen) atoms. The van der Waals surface area contributed by atoms with Crippen LogP contribution in [0.1, 0.15) is 5.56 Å². The van der Waals surface area contributed by atoms with Crippen LogP contribution in [-0.2, 0) is 11.2 Å². The van der Waals surface area contributed by atoms with E-state index in [1.54, 1.807) is 30.3 Å². The summed E-state index contributed by atoms with van der Waals surface area (Å²) in [6, 6.07) is 6.90. The standard InChI is InChI=1S/C10H11NO5/c12-9(10(13)14)8(11(15)16)6-7-4-2-1-3-5-7/h1-5,8-9,12H,6H2,(H,13,14)/t8-,9-/m0/s1. The molecule has 0 aliphatic rings.